The Hall–Kier alpha value is -2.57. The Balaban J connectivity index is 1.93. The van der Waals surface area contributed by atoms with Gasteiger partial charge in [-0.05, 0) is 30.5 Å². The van der Waals surface area contributed by atoms with Crippen LogP contribution in [0, 0.1) is 0 Å². The predicted molar refractivity (Wildman–Crippen MR) is 108 cm³/mol. The maximum Gasteiger partial charge on any atom is 0.253 e. The fourth-order valence-electron chi connectivity index (χ4n) is 3.74. The van der Waals surface area contributed by atoms with Crippen LogP contribution in [0.4, 0.5) is 10.1 Å². The van der Waals surface area contributed by atoms with Gasteiger partial charge in [-0.15, -0.1) is 0 Å². The van der Waals surface area contributed by atoms with Crippen LogP contribution in [0.25, 0.3) is 0 Å². The molecule has 1 aromatic carbocycles. The Kier molecular flexibility index (Phi) is 6.92. The number of alkyl halides is 1. The molecule has 0 radical (unpaired) electrons. The number of nitrogens with one attached hydrogen (secondary N) is 1. The number of nitrogens with zero attached hydrogens (tertiary/aromatic N) is 2. The summed E-state index contributed by atoms with van der Waals surface area (Å²) in [5.41, 5.74) is 6.06. The molecule has 170 valence electrons. The molecule has 0 aliphatic carbocycles. The summed E-state index contributed by atoms with van der Waals surface area (Å²) in [6, 6.07) is 2.56. The van der Waals surface area contributed by atoms with Gasteiger partial charge >= 0.3 is 0 Å². The number of benzene rings is 1. The number of anilines is 1. The number of primary amides is 1. The molecular formula is C19H25FN4O6S. The van der Waals surface area contributed by atoms with Gasteiger partial charge < -0.3 is 20.3 Å². The van der Waals surface area contributed by atoms with E-state index in [0.29, 0.717) is 17.9 Å². The van der Waals surface area contributed by atoms with Crippen LogP contribution in [0.3, 0.4) is 0 Å². The summed E-state index contributed by atoms with van der Waals surface area (Å²) in [4.78, 5) is 39.1. The normalized spacial score (nSPS) is 20.7. The number of hydrogen-bond acceptors (Lipinski definition) is 6. The maximum atomic E-state index is 13.5. The van der Waals surface area contributed by atoms with Gasteiger partial charge in [-0.25, -0.2) is 12.8 Å². The lowest BCUT2D eigenvalue weighted by atomic mass is 10.1. The molecule has 3 amide bonds. The summed E-state index contributed by atoms with van der Waals surface area (Å²) in [6.45, 7) is 2.05. The zero-order chi connectivity index (χ0) is 22.8. The van der Waals surface area contributed by atoms with Crippen LogP contribution < -0.4 is 15.4 Å². The van der Waals surface area contributed by atoms with Crippen LogP contribution in [0.15, 0.2) is 23.1 Å². The topological polar surface area (TPSA) is 139 Å². The van der Waals surface area contributed by atoms with Crippen LogP contribution in [-0.4, -0.2) is 76.1 Å². The van der Waals surface area contributed by atoms with E-state index in [4.69, 9.17) is 10.5 Å². The second-order valence-corrected chi connectivity index (χ2v) is 9.01. The highest BCUT2D eigenvalue weighted by atomic mass is 32.2. The summed E-state index contributed by atoms with van der Waals surface area (Å²) in [6.07, 6.45) is -0.856. The van der Waals surface area contributed by atoms with Crippen molar-refractivity contribution in [2.24, 2.45) is 5.73 Å². The van der Waals surface area contributed by atoms with Gasteiger partial charge in [-0.1, -0.05) is 13.0 Å². The Bertz CT molecular complexity index is 986. The van der Waals surface area contributed by atoms with Crippen LogP contribution >= 0.6 is 0 Å². The van der Waals surface area contributed by atoms with E-state index in [0.717, 1.165) is 4.90 Å². The van der Waals surface area contributed by atoms with Gasteiger partial charge in [0.2, 0.25) is 15.9 Å². The van der Waals surface area contributed by atoms with E-state index in [2.05, 4.69) is 4.72 Å². The Morgan fingerprint density at radius 3 is 2.68 bits per heavy atom. The molecule has 31 heavy (non-hydrogen) atoms. The van der Waals surface area contributed by atoms with E-state index < -0.39 is 34.1 Å². The monoisotopic (exact) mass is 456 g/mol. The van der Waals surface area contributed by atoms with Gasteiger partial charge in [-0.2, -0.15) is 4.72 Å². The van der Waals surface area contributed by atoms with Crippen molar-refractivity contribution in [2.45, 2.75) is 36.9 Å². The summed E-state index contributed by atoms with van der Waals surface area (Å²) in [7, 11) is -4.38. The first kappa shape index (κ1) is 23.1. The summed E-state index contributed by atoms with van der Waals surface area (Å²) >= 11 is 0. The zero-order valence-electron chi connectivity index (χ0n) is 17.0. The number of nitrogens with two attached hydrogens (primary N) is 1. The summed E-state index contributed by atoms with van der Waals surface area (Å²) in [5, 5.41) is 0. The third-order valence-corrected chi connectivity index (χ3v) is 6.78. The van der Waals surface area contributed by atoms with E-state index in [9.17, 15) is 27.2 Å². The second-order valence-electron chi connectivity index (χ2n) is 7.33. The number of amides is 3. The number of halogens is 1. The molecule has 1 aromatic rings. The van der Waals surface area contributed by atoms with E-state index in [1.807, 2.05) is 0 Å². The molecule has 2 aliphatic rings. The van der Waals surface area contributed by atoms with Crippen LogP contribution in [-0.2, 0) is 35.6 Å². The molecule has 2 fully saturated rings. The predicted octanol–water partition coefficient (Wildman–Crippen LogP) is -0.685. The van der Waals surface area contributed by atoms with Crippen molar-refractivity contribution in [3.05, 3.63) is 23.8 Å². The standard InChI is InChI=1S/C19H25FN4O6S/c1-2-13-14(24-8-9-30-11-16(24)25)4-3-5-15(13)31(28,29)22-17(18(21)26)19(27)23-7-6-12(20)10-23/h3-5,12,17,22H,2,6-11H2,1H3,(H2,21,26)/t12-,17-/m0/s1. The summed E-state index contributed by atoms with van der Waals surface area (Å²) < 4.78 is 46.9. The summed E-state index contributed by atoms with van der Waals surface area (Å²) in [5.74, 6) is -2.38. The largest absolute Gasteiger partial charge is 0.370 e. The minimum Gasteiger partial charge on any atom is -0.370 e. The molecule has 0 spiro atoms. The molecule has 2 saturated heterocycles. The lowest BCUT2D eigenvalue weighted by molar-refractivity contribution is -0.137. The number of likely N-dealkylation sites (tertiary alicyclic amines) is 1. The maximum absolute atomic E-state index is 13.5. The van der Waals surface area contributed by atoms with Crippen molar-refractivity contribution >= 4 is 33.4 Å². The number of ether oxygens (including phenoxy) is 1. The van der Waals surface area contributed by atoms with E-state index in [1.165, 1.54) is 17.0 Å². The van der Waals surface area contributed by atoms with Gasteiger partial charge in [0.1, 0.15) is 12.8 Å². The molecule has 3 N–H and O–H groups in total. The van der Waals surface area contributed by atoms with E-state index in [1.54, 1.807) is 13.0 Å². The average molecular weight is 456 g/mol. The average Bonchev–Trinajstić information content (AvgIpc) is 3.17. The highest BCUT2D eigenvalue weighted by Gasteiger charge is 2.37. The van der Waals surface area contributed by atoms with Crippen molar-refractivity contribution in [1.82, 2.24) is 9.62 Å². The van der Waals surface area contributed by atoms with Crippen molar-refractivity contribution in [1.29, 1.82) is 0 Å². The van der Waals surface area contributed by atoms with Crippen molar-refractivity contribution < 1.29 is 31.9 Å². The van der Waals surface area contributed by atoms with Crippen LogP contribution in [0.1, 0.15) is 18.9 Å². The highest BCUT2D eigenvalue weighted by molar-refractivity contribution is 7.89. The fraction of sp³-hybridized carbons (Fsp3) is 0.526. The first-order chi connectivity index (χ1) is 14.7. The minimum atomic E-state index is -4.38. The SMILES string of the molecule is CCc1c(N2CCOCC2=O)cccc1S(=O)(=O)N[C@@H](C(N)=O)C(=O)N1CC[C@H](F)C1. The van der Waals surface area contributed by atoms with Crippen molar-refractivity contribution in [3.8, 4) is 0 Å². The highest BCUT2D eigenvalue weighted by Crippen LogP contribution is 2.29. The number of sulfonamides is 1. The smallest absolute Gasteiger partial charge is 0.253 e. The van der Waals surface area contributed by atoms with E-state index in [-0.39, 0.29) is 49.9 Å². The fourth-order valence-corrected chi connectivity index (χ4v) is 5.22. The molecule has 0 aromatic heterocycles. The number of rotatable bonds is 7. The lowest BCUT2D eigenvalue weighted by Crippen LogP contribution is -2.54. The number of carbonyl (C=O) groups excluding carboxylic acids is 3. The molecule has 0 saturated carbocycles. The minimum absolute atomic E-state index is 0.0698. The van der Waals surface area contributed by atoms with Crippen LogP contribution in [0.2, 0.25) is 0 Å². The third-order valence-electron chi connectivity index (χ3n) is 5.27. The quantitative estimate of drug-likeness (QED) is 0.521. The first-order valence-electron chi connectivity index (χ1n) is 9.90. The molecule has 0 unspecified atom stereocenters. The van der Waals surface area contributed by atoms with Gasteiger partial charge in [0.05, 0.1) is 18.0 Å². The number of carbonyl (C=O) groups is 3. The Morgan fingerprint density at radius 2 is 2.10 bits per heavy atom. The van der Waals surface area contributed by atoms with Gasteiger partial charge in [0, 0.05) is 18.8 Å². The van der Waals surface area contributed by atoms with Crippen molar-refractivity contribution in [2.75, 3.05) is 37.7 Å². The first-order valence-corrected chi connectivity index (χ1v) is 11.4. The number of hydrogen-bond donors (Lipinski definition) is 2. The molecule has 10 nitrogen and oxygen atoms in total. The van der Waals surface area contributed by atoms with Gasteiger partial charge in [-0.3, -0.25) is 14.4 Å². The molecule has 3 rings (SSSR count). The molecule has 2 atom stereocenters. The van der Waals surface area contributed by atoms with Crippen molar-refractivity contribution in [3.63, 3.8) is 0 Å². The Morgan fingerprint density at radius 1 is 1.35 bits per heavy atom. The molecular weight excluding hydrogens is 431 g/mol. The number of morpholine rings is 1. The molecule has 0 bridgehead atoms. The lowest BCUT2D eigenvalue weighted by Gasteiger charge is -2.29. The molecule has 2 aliphatic heterocycles. The Labute approximate surface area is 179 Å². The van der Waals surface area contributed by atoms with Gasteiger partial charge in [0.25, 0.3) is 11.8 Å². The van der Waals surface area contributed by atoms with Crippen LogP contribution in [0.5, 0.6) is 0 Å². The van der Waals surface area contributed by atoms with E-state index >= 15 is 0 Å². The molecule has 12 heteroatoms. The molecule has 2 heterocycles. The third kappa shape index (κ3) is 4.86. The second kappa shape index (κ2) is 9.28. The van der Waals surface area contributed by atoms with Gasteiger partial charge in [0.15, 0.2) is 6.04 Å². The zero-order valence-corrected chi connectivity index (χ0v) is 17.9.